The molecular formula is C11H22O. The highest BCUT2D eigenvalue weighted by Gasteiger charge is 1.96. The zero-order valence-electron chi connectivity index (χ0n) is 8.64. The summed E-state index contributed by atoms with van der Waals surface area (Å²) in [6, 6.07) is 0. The highest BCUT2D eigenvalue weighted by Crippen LogP contribution is 2.12. The molecule has 0 saturated heterocycles. The number of aliphatic hydroxyl groups excluding tert-OH is 1. The fourth-order valence-electron chi connectivity index (χ4n) is 1.32. The van der Waals surface area contributed by atoms with Crippen LogP contribution >= 0.6 is 0 Å². The summed E-state index contributed by atoms with van der Waals surface area (Å²) in [7, 11) is 0. The van der Waals surface area contributed by atoms with E-state index in [1.54, 1.807) is 5.57 Å². The first-order valence-corrected chi connectivity index (χ1v) is 5.02. The summed E-state index contributed by atoms with van der Waals surface area (Å²) in [5, 5.41) is 9.02. The maximum absolute atomic E-state index is 9.02. The number of hydrogen-bond donors (Lipinski definition) is 1. The van der Waals surface area contributed by atoms with Crippen LogP contribution in [0, 0.1) is 0 Å². The fourth-order valence-corrected chi connectivity index (χ4v) is 1.32. The van der Waals surface area contributed by atoms with E-state index in [1.165, 1.54) is 19.3 Å². The second-order valence-corrected chi connectivity index (χ2v) is 3.40. The average molecular weight is 170 g/mol. The zero-order chi connectivity index (χ0) is 9.40. The second-order valence-electron chi connectivity index (χ2n) is 3.40. The van der Waals surface area contributed by atoms with Gasteiger partial charge in [0.25, 0.3) is 0 Å². The minimum atomic E-state index is -0.124. The van der Waals surface area contributed by atoms with Gasteiger partial charge in [-0.3, -0.25) is 0 Å². The van der Waals surface area contributed by atoms with Crippen molar-refractivity contribution in [3.05, 3.63) is 11.6 Å². The number of hydrogen-bond acceptors (Lipinski definition) is 1. The summed E-state index contributed by atoms with van der Waals surface area (Å²) < 4.78 is 0. The van der Waals surface area contributed by atoms with Crippen LogP contribution in [0.5, 0.6) is 0 Å². The lowest BCUT2D eigenvalue weighted by Gasteiger charge is -2.05. The molecule has 0 aromatic carbocycles. The van der Waals surface area contributed by atoms with E-state index < -0.39 is 0 Å². The zero-order valence-corrected chi connectivity index (χ0v) is 8.64. The van der Waals surface area contributed by atoms with Gasteiger partial charge in [-0.2, -0.15) is 0 Å². The van der Waals surface area contributed by atoms with E-state index in [0.717, 1.165) is 12.8 Å². The van der Waals surface area contributed by atoms with E-state index in [1.807, 2.05) is 6.92 Å². The van der Waals surface area contributed by atoms with Crippen LogP contribution < -0.4 is 0 Å². The molecule has 0 spiro atoms. The van der Waals surface area contributed by atoms with Crippen molar-refractivity contribution >= 4 is 0 Å². The molecule has 0 heterocycles. The Balaban J connectivity index is 3.30. The van der Waals surface area contributed by atoms with Crippen molar-refractivity contribution in [2.45, 2.75) is 59.0 Å². The number of allylic oxidation sites excluding steroid dienone is 2. The summed E-state index contributed by atoms with van der Waals surface area (Å²) in [4.78, 5) is 0. The molecule has 0 aromatic rings. The van der Waals surface area contributed by atoms with Crippen molar-refractivity contribution in [3.63, 3.8) is 0 Å². The van der Waals surface area contributed by atoms with Crippen molar-refractivity contribution < 1.29 is 5.11 Å². The van der Waals surface area contributed by atoms with Crippen molar-refractivity contribution in [2.24, 2.45) is 0 Å². The molecule has 0 radical (unpaired) electrons. The lowest BCUT2D eigenvalue weighted by molar-refractivity contribution is 0.180. The predicted molar refractivity (Wildman–Crippen MR) is 54.2 cm³/mol. The van der Waals surface area contributed by atoms with Crippen molar-refractivity contribution in [2.75, 3.05) is 0 Å². The molecular weight excluding hydrogens is 148 g/mol. The van der Waals surface area contributed by atoms with E-state index in [-0.39, 0.29) is 6.10 Å². The van der Waals surface area contributed by atoms with Crippen LogP contribution in [0.25, 0.3) is 0 Å². The van der Waals surface area contributed by atoms with E-state index >= 15 is 0 Å². The van der Waals surface area contributed by atoms with E-state index in [0.29, 0.717) is 0 Å². The summed E-state index contributed by atoms with van der Waals surface area (Å²) in [6.07, 6.45) is 7.78. The number of rotatable bonds is 6. The summed E-state index contributed by atoms with van der Waals surface area (Å²) in [5.41, 5.74) is 1.54. The Morgan fingerprint density at radius 1 is 1.42 bits per heavy atom. The highest BCUT2D eigenvalue weighted by atomic mass is 16.3. The first kappa shape index (κ1) is 11.7. The van der Waals surface area contributed by atoms with Gasteiger partial charge in [-0.25, -0.2) is 0 Å². The third-order valence-electron chi connectivity index (χ3n) is 2.23. The van der Waals surface area contributed by atoms with Gasteiger partial charge in [-0.1, -0.05) is 25.0 Å². The van der Waals surface area contributed by atoms with Crippen molar-refractivity contribution in [3.8, 4) is 0 Å². The minimum Gasteiger partial charge on any atom is -0.393 e. The maximum atomic E-state index is 9.02. The Morgan fingerprint density at radius 3 is 2.50 bits per heavy atom. The molecule has 0 saturated carbocycles. The van der Waals surface area contributed by atoms with Gasteiger partial charge in [-0.05, 0) is 39.5 Å². The van der Waals surface area contributed by atoms with Crippen LogP contribution in [0.15, 0.2) is 11.6 Å². The van der Waals surface area contributed by atoms with E-state index in [2.05, 4.69) is 19.9 Å². The molecule has 1 heteroatoms. The monoisotopic (exact) mass is 170 g/mol. The molecule has 0 aliphatic carbocycles. The molecule has 0 aliphatic rings. The van der Waals surface area contributed by atoms with Crippen molar-refractivity contribution in [1.29, 1.82) is 0 Å². The summed E-state index contributed by atoms with van der Waals surface area (Å²) in [6.45, 7) is 6.16. The van der Waals surface area contributed by atoms with Gasteiger partial charge in [0, 0.05) is 0 Å². The Labute approximate surface area is 76.5 Å². The molecule has 0 rings (SSSR count). The Kier molecular flexibility index (Phi) is 7.17. The third kappa shape index (κ3) is 6.41. The topological polar surface area (TPSA) is 20.2 Å². The maximum Gasteiger partial charge on any atom is 0.0512 e. The molecule has 1 atom stereocenters. The first-order valence-electron chi connectivity index (χ1n) is 5.02. The van der Waals surface area contributed by atoms with Gasteiger partial charge in [0.05, 0.1) is 6.10 Å². The molecule has 1 nitrogen and oxygen atoms in total. The molecule has 0 fully saturated rings. The van der Waals surface area contributed by atoms with Crippen LogP contribution in [-0.2, 0) is 0 Å². The molecule has 12 heavy (non-hydrogen) atoms. The van der Waals surface area contributed by atoms with Gasteiger partial charge >= 0.3 is 0 Å². The van der Waals surface area contributed by atoms with Gasteiger partial charge in [0.2, 0.25) is 0 Å². The summed E-state index contributed by atoms with van der Waals surface area (Å²) in [5.74, 6) is 0. The van der Waals surface area contributed by atoms with Crippen LogP contribution in [0.2, 0.25) is 0 Å². The van der Waals surface area contributed by atoms with Gasteiger partial charge in [-0.15, -0.1) is 0 Å². The highest BCUT2D eigenvalue weighted by molar-refractivity contribution is 4.98. The smallest absolute Gasteiger partial charge is 0.0512 e. The predicted octanol–water partition coefficient (Wildman–Crippen LogP) is 3.28. The largest absolute Gasteiger partial charge is 0.393 e. The quantitative estimate of drug-likeness (QED) is 0.479. The van der Waals surface area contributed by atoms with Crippen molar-refractivity contribution in [1.82, 2.24) is 0 Å². The Morgan fingerprint density at radius 2 is 2.08 bits per heavy atom. The molecule has 1 N–H and O–H groups in total. The Hall–Kier alpha value is -0.300. The number of aliphatic hydroxyl groups is 1. The molecule has 0 aliphatic heterocycles. The van der Waals surface area contributed by atoms with Gasteiger partial charge in [0.15, 0.2) is 0 Å². The van der Waals surface area contributed by atoms with Crippen LogP contribution in [0.1, 0.15) is 52.9 Å². The summed E-state index contributed by atoms with van der Waals surface area (Å²) >= 11 is 0. The normalized spacial score (nSPS) is 14.8. The third-order valence-corrected chi connectivity index (χ3v) is 2.23. The SMILES string of the molecule is C/C=C(\CC)CCCCC(C)O. The van der Waals surface area contributed by atoms with Gasteiger partial charge < -0.3 is 5.11 Å². The average Bonchev–Trinajstić information content (AvgIpc) is 2.04. The standard InChI is InChI=1S/C11H22O/c1-4-11(5-2)9-7-6-8-10(3)12/h4,10,12H,5-9H2,1-3H3/b11-4+. The van der Waals surface area contributed by atoms with Crippen LogP contribution in [-0.4, -0.2) is 11.2 Å². The van der Waals surface area contributed by atoms with Crippen LogP contribution in [0.3, 0.4) is 0 Å². The lowest BCUT2D eigenvalue weighted by atomic mass is 10.0. The van der Waals surface area contributed by atoms with Gasteiger partial charge in [0.1, 0.15) is 0 Å². The molecule has 72 valence electrons. The molecule has 1 unspecified atom stereocenters. The van der Waals surface area contributed by atoms with E-state index in [9.17, 15) is 0 Å². The molecule has 0 aromatic heterocycles. The first-order chi connectivity index (χ1) is 5.70. The lowest BCUT2D eigenvalue weighted by Crippen LogP contribution is -1.98. The number of unbranched alkanes of at least 4 members (excludes halogenated alkanes) is 1. The molecule has 0 bridgehead atoms. The molecule has 0 amide bonds. The van der Waals surface area contributed by atoms with E-state index in [4.69, 9.17) is 5.11 Å². The fraction of sp³-hybridized carbons (Fsp3) is 0.818. The second kappa shape index (κ2) is 7.35. The Bertz CT molecular complexity index is 125. The minimum absolute atomic E-state index is 0.124. The van der Waals surface area contributed by atoms with Crippen LogP contribution in [0.4, 0.5) is 0 Å².